The number of allylic oxidation sites excluding steroid dienone is 1. The van der Waals surface area contributed by atoms with Gasteiger partial charge in [0.2, 0.25) is 3.79 Å². The van der Waals surface area contributed by atoms with Gasteiger partial charge in [0, 0.05) is 22.9 Å². The molecule has 0 saturated heterocycles. The third-order valence-corrected chi connectivity index (χ3v) is 3.42. The molecule has 0 bridgehead atoms. The Morgan fingerprint density at radius 2 is 1.96 bits per heavy atom. The van der Waals surface area contributed by atoms with Crippen LogP contribution in [0.4, 0.5) is 10.5 Å². The number of rotatable bonds is 6. The van der Waals surface area contributed by atoms with E-state index in [1.165, 1.54) is 6.08 Å². The van der Waals surface area contributed by atoms with Crippen LogP contribution in [0, 0.1) is 10.8 Å². The van der Waals surface area contributed by atoms with E-state index in [2.05, 4.69) is 10.6 Å². The molecule has 9 heteroatoms. The minimum atomic E-state index is -1.72. The molecule has 0 aliphatic heterocycles. The van der Waals surface area contributed by atoms with Gasteiger partial charge in [0.05, 0.1) is 6.61 Å². The molecule has 0 unspecified atom stereocenters. The number of aliphatic hydroxyl groups excluding tert-OH is 1. The topological polar surface area (TPSA) is 94.4 Å². The van der Waals surface area contributed by atoms with Crippen LogP contribution < -0.4 is 10.6 Å². The van der Waals surface area contributed by atoms with Gasteiger partial charge in [-0.1, -0.05) is 67.7 Å². The van der Waals surface area contributed by atoms with Crippen molar-refractivity contribution >= 4 is 52.3 Å². The van der Waals surface area contributed by atoms with Gasteiger partial charge >= 0.3 is 6.09 Å². The van der Waals surface area contributed by atoms with Crippen molar-refractivity contribution in [1.82, 2.24) is 5.32 Å². The Kier molecular flexibility index (Phi) is 8.21. The van der Waals surface area contributed by atoms with E-state index in [1.807, 2.05) is 20.8 Å². The van der Waals surface area contributed by atoms with Gasteiger partial charge in [-0.05, 0) is 17.7 Å². The summed E-state index contributed by atoms with van der Waals surface area (Å²) in [5.74, 6) is 0.217. The molecule has 0 radical (unpaired) electrons. The first kappa shape index (κ1) is 22.6. The van der Waals surface area contributed by atoms with Crippen molar-refractivity contribution in [3.05, 3.63) is 41.7 Å². The summed E-state index contributed by atoms with van der Waals surface area (Å²) in [6, 6.07) is 6.97. The molecule has 4 N–H and O–H groups in total. The predicted octanol–water partition coefficient (Wildman–Crippen LogP) is 4.59. The number of amides is 1. The van der Waals surface area contributed by atoms with E-state index in [-0.39, 0.29) is 18.1 Å². The fourth-order valence-corrected chi connectivity index (χ4v) is 1.82. The highest BCUT2D eigenvalue weighted by atomic mass is 35.6. The Labute approximate surface area is 168 Å². The van der Waals surface area contributed by atoms with Crippen molar-refractivity contribution in [2.45, 2.75) is 31.2 Å². The summed E-state index contributed by atoms with van der Waals surface area (Å²) in [7, 11) is 0. The Balaban J connectivity index is 2.97. The summed E-state index contributed by atoms with van der Waals surface area (Å²) < 4.78 is 3.13. The van der Waals surface area contributed by atoms with Crippen molar-refractivity contribution in [2.24, 2.45) is 5.41 Å². The number of ether oxygens (including phenoxy) is 1. The average Bonchev–Trinajstić information content (AvgIpc) is 2.51. The molecule has 6 nitrogen and oxygen atoms in total. The zero-order valence-electron chi connectivity index (χ0n) is 14.7. The molecule has 1 rings (SSSR count). The Morgan fingerprint density at radius 3 is 2.50 bits per heavy atom. The van der Waals surface area contributed by atoms with Crippen molar-refractivity contribution < 1.29 is 14.6 Å². The van der Waals surface area contributed by atoms with Crippen LogP contribution >= 0.6 is 34.8 Å². The molecule has 0 heterocycles. The second-order valence-electron chi connectivity index (χ2n) is 6.52. The summed E-state index contributed by atoms with van der Waals surface area (Å²) in [5, 5.41) is 22.9. The maximum Gasteiger partial charge on any atom is 0.412 e. The maximum absolute atomic E-state index is 11.9. The van der Waals surface area contributed by atoms with Gasteiger partial charge in [-0.3, -0.25) is 5.32 Å². The number of hydrogen-bond acceptors (Lipinski definition) is 5. The quantitative estimate of drug-likeness (QED) is 0.398. The number of alkyl halides is 3. The van der Waals surface area contributed by atoms with Crippen LogP contribution in [0.2, 0.25) is 0 Å². The molecule has 1 amide bonds. The van der Waals surface area contributed by atoms with Crippen LogP contribution in [0.5, 0.6) is 0 Å². The van der Waals surface area contributed by atoms with Gasteiger partial charge < -0.3 is 20.6 Å². The molecule has 0 spiro atoms. The van der Waals surface area contributed by atoms with Crippen LogP contribution in [0.1, 0.15) is 26.3 Å². The number of benzene rings is 1. The van der Waals surface area contributed by atoms with Crippen molar-refractivity contribution in [1.29, 1.82) is 5.41 Å². The molecule has 0 aliphatic carbocycles. The smallest absolute Gasteiger partial charge is 0.412 e. The predicted molar refractivity (Wildman–Crippen MR) is 106 cm³/mol. The minimum Gasteiger partial charge on any atom is -0.445 e. The van der Waals surface area contributed by atoms with E-state index < -0.39 is 21.9 Å². The number of hydrogen-bond donors (Lipinski definition) is 4. The molecule has 144 valence electrons. The van der Waals surface area contributed by atoms with E-state index >= 15 is 0 Å². The Bertz CT molecular complexity index is 680. The van der Waals surface area contributed by atoms with Crippen LogP contribution in [0.25, 0.3) is 0 Å². The molecule has 0 saturated carbocycles. The van der Waals surface area contributed by atoms with E-state index in [1.54, 1.807) is 24.3 Å². The highest BCUT2D eigenvalue weighted by Crippen LogP contribution is 2.26. The van der Waals surface area contributed by atoms with Gasteiger partial charge in [-0.15, -0.1) is 0 Å². The van der Waals surface area contributed by atoms with Gasteiger partial charge in [0.1, 0.15) is 12.4 Å². The second kappa shape index (κ2) is 9.46. The van der Waals surface area contributed by atoms with Crippen molar-refractivity contribution in [3.8, 4) is 0 Å². The lowest BCUT2D eigenvalue weighted by molar-refractivity contribution is 0.151. The zero-order chi connectivity index (χ0) is 20.0. The highest BCUT2D eigenvalue weighted by Gasteiger charge is 2.23. The summed E-state index contributed by atoms with van der Waals surface area (Å²) >= 11 is 16.7. The second-order valence-corrected chi connectivity index (χ2v) is 9.04. The molecule has 0 atom stereocenters. The molecular formula is C17H22Cl3N3O3. The number of alkyl carbamates (subject to hydrolysis) is 1. The van der Waals surface area contributed by atoms with Crippen LogP contribution in [-0.2, 0) is 11.3 Å². The number of carbonyl (C=O) groups is 1. The van der Waals surface area contributed by atoms with Gasteiger partial charge in [0.15, 0.2) is 0 Å². The Morgan fingerprint density at radius 1 is 1.31 bits per heavy atom. The zero-order valence-corrected chi connectivity index (χ0v) is 17.0. The average molecular weight is 423 g/mol. The number of aliphatic hydroxyl groups is 1. The molecular weight excluding hydrogens is 401 g/mol. The number of carbonyl (C=O) groups excluding carboxylic acids is 1. The standard InChI is InChI=1S/C17H22Cl3N3O3/c1-16(2,3)13(21)8-14(23-15(25)26-10-17(18,19)20)22-12-6-4-5-11(7-12)9-24/h4-8,21-22,24H,9-10H2,1-3H3,(H,23,25)/b14-8+,21-13?. The monoisotopic (exact) mass is 421 g/mol. The third-order valence-electron chi connectivity index (χ3n) is 3.09. The van der Waals surface area contributed by atoms with Gasteiger partial charge in [-0.25, -0.2) is 4.79 Å². The fourth-order valence-electron chi connectivity index (χ4n) is 1.66. The molecule has 26 heavy (non-hydrogen) atoms. The van der Waals surface area contributed by atoms with E-state index in [9.17, 15) is 9.90 Å². The summed E-state index contributed by atoms with van der Waals surface area (Å²) in [6.07, 6.45) is 0.637. The maximum atomic E-state index is 11.9. The fraction of sp³-hybridized carbons (Fsp3) is 0.412. The number of halogens is 3. The lowest BCUT2D eigenvalue weighted by Gasteiger charge is -2.20. The highest BCUT2D eigenvalue weighted by molar-refractivity contribution is 6.67. The Hall–Kier alpha value is -1.47. The first-order valence-electron chi connectivity index (χ1n) is 7.69. The van der Waals surface area contributed by atoms with Gasteiger partial charge in [-0.2, -0.15) is 0 Å². The summed E-state index contributed by atoms with van der Waals surface area (Å²) in [6.45, 7) is 5.07. The molecule has 0 fully saturated rings. The minimum absolute atomic E-state index is 0.120. The van der Waals surface area contributed by atoms with E-state index in [0.717, 1.165) is 0 Å². The summed E-state index contributed by atoms with van der Waals surface area (Å²) in [5.41, 5.74) is 1.16. The largest absolute Gasteiger partial charge is 0.445 e. The molecule has 1 aromatic carbocycles. The van der Waals surface area contributed by atoms with E-state index in [0.29, 0.717) is 11.3 Å². The lowest BCUT2D eigenvalue weighted by atomic mass is 9.90. The van der Waals surface area contributed by atoms with Crippen LogP contribution in [0.3, 0.4) is 0 Å². The first-order valence-corrected chi connectivity index (χ1v) is 8.82. The molecule has 0 aromatic heterocycles. The normalized spacial score (nSPS) is 12.5. The molecule has 1 aromatic rings. The van der Waals surface area contributed by atoms with Crippen LogP contribution in [0.15, 0.2) is 36.2 Å². The lowest BCUT2D eigenvalue weighted by Crippen LogP contribution is -2.31. The number of anilines is 1. The van der Waals surface area contributed by atoms with Crippen LogP contribution in [-0.4, -0.2) is 27.3 Å². The van der Waals surface area contributed by atoms with E-state index in [4.69, 9.17) is 44.9 Å². The third kappa shape index (κ3) is 8.76. The molecule has 0 aliphatic rings. The SMILES string of the molecule is CC(C)(C)C(=N)/C=C(/NC(=O)OCC(Cl)(Cl)Cl)Nc1cccc(CO)c1. The summed E-state index contributed by atoms with van der Waals surface area (Å²) in [4.78, 5) is 11.9. The van der Waals surface area contributed by atoms with Crippen molar-refractivity contribution in [3.63, 3.8) is 0 Å². The first-order chi connectivity index (χ1) is 11.9. The van der Waals surface area contributed by atoms with Crippen molar-refractivity contribution in [2.75, 3.05) is 11.9 Å². The number of nitrogens with one attached hydrogen (secondary N) is 3. The van der Waals surface area contributed by atoms with Gasteiger partial charge in [0.25, 0.3) is 0 Å².